The Labute approximate surface area is 164 Å². The zero-order valence-corrected chi connectivity index (χ0v) is 16.1. The van der Waals surface area contributed by atoms with Gasteiger partial charge < -0.3 is 19.2 Å². The average Bonchev–Trinajstić information content (AvgIpc) is 3.18. The van der Waals surface area contributed by atoms with Gasteiger partial charge in [0.15, 0.2) is 0 Å². The van der Waals surface area contributed by atoms with E-state index in [1.165, 1.54) is 10.5 Å². The molecule has 0 saturated heterocycles. The van der Waals surface area contributed by atoms with Crippen LogP contribution in [0.5, 0.6) is 5.75 Å². The van der Waals surface area contributed by atoms with E-state index in [9.17, 15) is 9.90 Å². The molecule has 5 heteroatoms. The van der Waals surface area contributed by atoms with Gasteiger partial charge >= 0.3 is 5.63 Å². The Morgan fingerprint density at radius 1 is 1.14 bits per heavy atom. The number of hydrogen-bond donors (Lipinski definition) is 2. The smallest absolute Gasteiger partial charge is 0.339 e. The molecule has 1 aromatic heterocycles. The van der Waals surface area contributed by atoms with E-state index in [1.54, 1.807) is 6.07 Å². The van der Waals surface area contributed by atoms with Crippen molar-refractivity contribution < 1.29 is 19.2 Å². The SMILES string of the molecule is C[NH+](Cc1ccccc1)CC(O)COc1ccc2c3c(c(=O)oc2c1)CCC3. The fourth-order valence-electron chi connectivity index (χ4n) is 4.02. The summed E-state index contributed by atoms with van der Waals surface area (Å²) < 4.78 is 11.2. The van der Waals surface area contributed by atoms with Crippen molar-refractivity contribution in [3.63, 3.8) is 0 Å². The molecule has 5 nitrogen and oxygen atoms in total. The Bertz CT molecular complexity index is 1010. The summed E-state index contributed by atoms with van der Waals surface area (Å²) in [6.07, 6.45) is 2.15. The molecule has 4 rings (SSSR count). The van der Waals surface area contributed by atoms with Gasteiger partial charge in [0, 0.05) is 22.6 Å². The maximum absolute atomic E-state index is 12.1. The minimum absolute atomic E-state index is 0.201. The van der Waals surface area contributed by atoms with Crippen LogP contribution in [0.1, 0.15) is 23.1 Å². The van der Waals surface area contributed by atoms with E-state index in [4.69, 9.17) is 9.15 Å². The number of aliphatic hydroxyl groups excluding tert-OH is 1. The van der Waals surface area contributed by atoms with Crippen molar-refractivity contribution >= 4 is 11.0 Å². The number of nitrogens with one attached hydrogen (secondary N) is 1. The Kier molecular flexibility index (Phi) is 5.46. The first-order valence-electron chi connectivity index (χ1n) is 9.85. The van der Waals surface area contributed by atoms with Crippen LogP contribution in [0.3, 0.4) is 0 Å². The van der Waals surface area contributed by atoms with E-state index in [0.717, 1.165) is 42.3 Å². The summed E-state index contributed by atoms with van der Waals surface area (Å²) in [5.41, 5.74) is 3.50. The van der Waals surface area contributed by atoms with E-state index in [1.807, 2.05) is 30.3 Å². The standard InChI is InChI=1S/C23H25NO4/c1-24(13-16-6-3-2-4-7-16)14-17(25)15-27-18-10-11-20-19-8-5-9-21(19)23(26)28-22(20)12-18/h2-4,6-7,10-12,17,25H,5,8-9,13-15H2,1H3/p+1. The van der Waals surface area contributed by atoms with Gasteiger partial charge in [0.05, 0.1) is 7.05 Å². The normalized spacial score (nSPS) is 15.4. The Hall–Kier alpha value is -2.63. The van der Waals surface area contributed by atoms with Crippen LogP contribution < -0.4 is 15.3 Å². The topological polar surface area (TPSA) is 64.1 Å². The third kappa shape index (κ3) is 4.11. The summed E-state index contributed by atoms with van der Waals surface area (Å²) in [6, 6.07) is 15.8. The number of aryl methyl sites for hydroxylation is 1. The van der Waals surface area contributed by atoms with Crippen molar-refractivity contribution in [2.75, 3.05) is 20.2 Å². The number of ether oxygens (including phenoxy) is 1. The van der Waals surface area contributed by atoms with E-state index in [0.29, 0.717) is 17.9 Å². The van der Waals surface area contributed by atoms with Gasteiger partial charge in [0.2, 0.25) is 0 Å². The lowest BCUT2D eigenvalue weighted by Crippen LogP contribution is -3.09. The van der Waals surface area contributed by atoms with Crippen LogP contribution in [-0.2, 0) is 19.4 Å². The molecule has 0 saturated carbocycles. The second-order valence-corrected chi connectivity index (χ2v) is 7.65. The summed E-state index contributed by atoms with van der Waals surface area (Å²) in [4.78, 5) is 13.3. The lowest BCUT2D eigenvalue weighted by Gasteiger charge is -2.18. The molecule has 2 atom stereocenters. The first-order valence-corrected chi connectivity index (χ1v) is 9.85. The minimum Gasteiger partial charge on any atom is -0.491 e. The maximum atomic E-state index is 12.1. The van der Waals surface area contributed by atoms with Gasteiger partial charge in [-0.25, -0.2) is 4.79 Å². The van der Waals surface area contributed by atoms with Crippen LogP contribution in [0.25, 0.3) is 11.0 Å². The van der Waals surface area contributed by atoms with E-state index < -0.39 is 6.10 Å². The monoisotopic (exact) mass is 380 g/mol. The Morgan fingerprint density at radius 3 is 2.75 bits per heavy atom. The number of aliphatic hydroxyl groups is 1. The molecule has 0 fully saturated rings. The van der Waals surface area contributed by atoms with Crippen molar-refractivity contribution in [1.29, 1.82) is 0 Å². The number of fused-ring (bicyclic) bond motifs is 3. The predicted octanol–water partition coefficient (Wildman–Crippen LogP) is 1.74. The molecule has 1 aliphatic carbocycles. The zero-order valence-electron chi connectivity index (χ0n) is 16.1. The first-order chi connectivity index (χ1) is 13.6. The van der Waals surface area contributed by atoms with E-state index in [-0.39, 0.29) is 12.2 Å². The number of quaternary nitrogens is 1. The van der Waals surface area contributed by atoms with Crippen LogP contribution in [0.15, 0.2) is 57.7 Å². The van der Waals surface area contributed by atoms with Crippen molar-refractivity contribution in [2.24, 2.45) is 0 Å². The second kappa shape index (κ2) is 8.17. The largest absolute Gasteiger partial charge is 0.491 e. The molecule has 3 aromatic rings. The number of rotatable bonds is 7. The molecule has 2 aromatic carbocycles. The Balaban J connectivity index is 1.37. The molecule has 0 aliphatic heterocycles. The molecule has 28 heavy (non-hydrogen) atoms. The van der Waals surface area contributed by atoms with Crippen LogP contribution >= 0.6 is 0 Å². The average molecular weight is 380 g/mol. The summed E-state index contributed by atoms with van der Waals surface area (Å²) >= 11 is 0. The first kappa shape index (κ1) is 18.7. The summed E-state index contributed by atoms with van der Waals surface area (Å²) in [5, 5.41) is 11.3. The molecule has 2 unspecified atom stereocenters. The van der Waals surface area contributed by atoms with Crippen LogP contribution in [0, 0.1) is 0 Å². The van der Waals surface area contributed by atoms with Crippen molar-refractivity contribution in [3.05, 3.63) is 75.6 Å². The highest BCUT2D eigenvalue weighted by Crippen LogP contribution is 2.29. The number of benzene rings is 2. The van der Waals surface area contributed by atoms with Crippen LogP contribution in [0.4, 0.5) is 0 Å². The van der Waals surface area contributed by atoms with Gasteiger partial charge in [-0.05, 0) is 37.0 Å². The van der Waals surface area contributed by atoms with Gasteiger partial charge in [0.1, 0.15) is 37.1 Å². The van der Waals surface area contributed by atoms with Crippen LogP contribution in [-0.4, -0.2) is 31.4 Å². The summed E-state index contributed by atoms with van der Waals surface area (Å²) in [6.45, 7) is 1.64. The fraction of sp³-hybridized carbons (Fsp3) is 0.348. The highest BCUT2D eigenvalue weighted by atomic mass is 16.5. The quantitative estimate of drug-likeness (QED) is 0.613. The molecule has 1 aliphatic rings. The molecular weight excluding hydrogens is 354 g/mol. The highest BCUT2D eigenvalue weighted by Gasteiger charge is 2.20. The summed E-state index contributed by atoms with van der Waals surface area (Å²) in [7, 11) is 2.06. The van der Waals surface area contributed by atoms with Crippen LogP contribution in [0.2, 0.25) is 0 Å². The third-order valence-corrected chi connectivity index (χ3v) is 5.32. The fourth-order valence-corrected chi connectivity index (χ4v) is 4.02. The highest BCUT2D eigenvalue weighted by molar-refractivity contribution is 5.83. The van der Waals surface area contributed by atoms with Gasteiger partial charge in [-0.3, -0.25) is 0 Å². The maximum Gasteiger partial charge on any atom is 0.339 e. The van der Waals surface area contributed by atoms with Crippen molar-refractivity contribution in [2.45, 2.75) is 31.9 Å². The number of likely N-dealkylation sites (N-methyl/N-ethyl adjacent to an activating group) is 1. The Morgan fingerprint density at radius 2 is 1.93 bits per heavy atom. The minimum atomic E-state index is -0.577. The second-order valence-electron chi connectivity index (χ2n) is 7.65. The van der Waals surface area contributed by atoms with E-state index in [2.05, 4.69) is 19.2 Å². The predicted molar refractivity (Wildman–Crippen MR) is 108 cm³/mol. The van der Waals surface area contributed by atoms with Gasteiger partial charge in [-0.2, -0.15) is 0 Å². The molecule has 0 radical (unpaired) electrons. The number of hydrogen-bond acceptors (Lipinski definition) is 4. The molecular formula is C23H26NO4+. The molecule has 0 bridgehead atoms. The molecule has 1 heterocycles. The molecule has 0 spiro atoms. The summed E-state index contributed by atoms with van der Waals surface area (Å²) in [5.74, 6) is 0.605. The van der Waals surface area contributed by atoms with Gasteiger partial charge in [-0.15, -0.1) is 0 Å². The molecule has 146 valence electrons. The van der Waals surface area contributed by atoms with Gasteiger partial charge in [-0.1, -0.05) is 30.3 Å². The zero-order chi connectivity index (χ0) is 19.5. The lowest BCUT2D eigenvalue weighted by atomic mass is 10.1. The van der Waals surface area contributed by atoms with Crippen molar-refractivity contribution in [1.82, 2.24) is 0 Å². The van der Waals surface area contributed by atoms with Crippen molar-refractivity contribution in [3.8, 4) is 5.75 Å². The van der Waals surface area contributed by atoms with Gasteiger partial charge in [0.25, 0.3) is 0 Å². The third-order valence-electron chi connectivity index (χ3n) is 5.32. The lowest BCUT2D eigenvalue weighted by molar-refractivity contribution is -0.897. The van der Waals surface area contributed by atoms with E-state index >= 15 is 0 Å². The molecule has 0 amide bonds. The molecule has 2 N–H and O–H groups in total.